The van der Waals surface area contributed by atoms with Crippen molar-refractivity contribution in [2.75, 3.05) is 20.2 Å². The van der Waals surface area contributed by atoms with Crippen molar-refractivity contribution in [2.24, 2.45) is 0 Å². The van der Waals surface area contributed by atoms with Crippen LogP contribution in [0.5, 0.6) is 5.75 Å². The largest absolute Gasteiger partial charge is 0.494 e. The predicted molar refractivity (Wildman–Crippen MR) is 101 cm³/mol. The van der Waals surface area contributed by atoms with Crippen molar-refractivity contribution in [3.63, 3.8) is 0 Å². The number of carbonyl (C=O) groups excluding carboxylic acids is 1. The maximum Gasteiger partial charge on any atom is 0.265 e. The normalized spacial score (nSPS) is 10.5. The molecule has 0 bridgehead atoms. The molecular formula is C19H20N4O2S. The number of aryl methyl sites for hydroxylation is 1. The Kier molecular flexibility index (Phi) is 5.91. The number of nitrogens with zero attached hydrogens (tertiary/aromatic N) is 4. The maximum atomic E-state index is 12.7. The zero-order valence-corrected chi connectivity index (χ0v) is 15.6. The van der Waals surface area contributed by atoms with E-state index in [1.807, 2.05) is 37.3 Å². The van der Waals surface area contributed by atoms with Crippen LogP contribution < -0.4 is 4.74 Å². The average Bonchev–Trinajstić information content (AvgIpc) is 3.07. The molecule has 0 saturated heterocycles. The highest BCUT2D eigenvalue weighted by Gasteiger charge is 2.20. The Labute approximate surface area is 156 Å². The van der Waals surface area contributed by atoms with Gasteiger partial charge < -0.3 is 9.64 Å². The Balaban J connectivity index is 1.56. The lowest BCUT2D eigenvalue weighted by atomic mass is 10.3. The van der Waals surface area contributed by atoms with Gasteiger partial charge in [0.2, 0.25) is 0 Å². The standard InChI is InChI=1S/C19H20N4O2S/c1-14-16(26-18(22-14)17-20-10-6-11-21-17)19(24)23(2)12-7-13-25-15-8-4-3-5-9-15/h3-6,8-11H,7,12-13H2,1-2H3. The first-order valence-electron chi connectivity index (χ1n) is 8.33. The molecule has 0 fully saturated rings. The van der Waals surface area contributed by atoms with Crippen molar-refractivity contribution in [1.82, 2.24) is 19.9 Å². The van der Waals surface area contributed by atoms with Crippen LogP contribution in [0.4, 0.5) is 0 Å². The molecule has 0 aliphatic carbocycles. The summed E-state index contributed by atoms with van der Waals surface area (Å²) in [5, 5.41) is 0.660. The van der Waals surface area contributed by atoms with Crippen molar-refractivity contribution < 1.29 is 9.53 Å². The molecule has 3 aromatic rings. The fourth-order valence-electron chi connectivity index (χ4n) is 2.38. The topological polar surface area (TPSA) is 68.2 Å². The molecule has 0 unspecified atom stereocenters. The summed E-state index contributed by atoms with van der Waals surface area (Å²) in [7, 11) is 1.79. The SMILES string of the molecule is Cc1nc(-c2ncccn2)sc1C(=O)N(C)CCCOc1ccccc1. The summed E-state index contributed by atoms with van der Waals surface area (Å²) in [6.45, 7) is 3.01. The van der Waals surface area contributed by atoms with Gasteiger partial charge in [0.25, 0.3) is 5.91 Å². The van der Waals surface area contributed by atoms with E-state index in [0.29, 0.717) is 34.6 Å². The Hall–Kier alpha value is -2.80. The van der Waals surface area contributed by atoms with E-state index >= 15 is 0 Å². The zero-order valence-electron chi connectivity index (χ0n) is 14.8. The van der Waals surface area contributed by atoms with Crippen molar-refractivity contribution in [3.05, 3.63) is 59.4 Å². The summed E-state index contributed by atoms with van der Waals surface area (Å²) in [6, 6.07) is 11.4. The van der Waals surface area contributed by atoms with Gasteiger partial charge in [-0.25, -0.2) is 15.0 Å². The molecule has 0 aliphatic heterocycles. The van der Waals surface area contributed by atoms with Crippen LogP contribution in [0.2, 0.25) is 0 Å². The fourth-order valence-corrected chi connectivity index (χ4v) is 3.39. The van der Waals surface area contributed by atoms with Crippen molar-refractivity contribution in [2.45, 2.75) is 13.3 Å². The second-order valence-corrected chi connectivity index (χ2v) is 6.75. The van der Waals surface area contributed by atoms with Crippen LogP contribution in [-0.4, -0.2) is 46.0 Å². The van der Waals surface area contributed by atoms with Gasteiger partial charge in [0.1, 0.15) is 10.6 Å². The van der Waals surface area contributed by atoms with Gasteiger partial charge in [-0.3, -0.25) is 4.79 Å². The second kappa shape index (κ2) is 8.53. The summed E-state index contributed by atoms with van der Waals surface area (Å²) in [6.07, 6.45) is 4.09. The van der Waals surface area contributed by atoms with Gasteiger partial charge >= 0.3 is 0 Å². The Morgan fingerprint density at radius 3 is 2.62 bits per heavy atom. The summed E-state index contributed by atoms with van der Waals surface area (Å²) < 4.78 is 5.66. The van der Waals surface area contributed by atoms with E-state index < -0.39 is 0 Å². The first-order chi connectivity index (χ1) is 12.6. The molecule has 1 amide bonds. The molecule has 0 N–H and O–H groups in total. The molecule has 6 nitrogen and oxygen atoms in total. The number of thiazole rings is 1. The number of benzene rings is 1. The van der Waals surface area contributed by atoms with E-state index in [2.05, 4.69) is 15.0 Å². The number of amides is 1. The molecule has 7 heteroatoms. The van der Waals surface area contributed by atoms with E-state index in [0.717, 1.165) is 12.2 Å². The monoisotopic (exact) mass is 368 g/mol. The van der Waals surface area contributed by atoms with Crippen molar-refractivity contribution in [1.29, 1.82) is 0 Å². The van der Waals surface area contributed by atoms with E-state index in [4.69, 9.17) is 4.74 Å². The van der Waals surface area contributed by atoms with E-state index in [1.165, 1.54) is 11.3 Å². The molecule has 0 radical (unpaired) electrons. The van der Waals surface area contributed by atoms with Crippen molar-refractivity contribution in [3.8, 4) is 16.6 Å². The average molecular weight is 368 g/mol. The molecule has 2 heterocycles. The van der Waals surface area contributed by atoms with Crippen LogP contribution in [-0.2, 0) is 0 Å². The highest BCUT2D eigenvalue weighted by atomic mass is 32.1. The quantitative estimate of drug-likeness (QED) is 0.598. The smallest absolute Gasteiger partial charge is 0.265 e. The third-order valence-corrected chi connectivity index (χ3v) is 4.89. The third kappa shape index (κ3) is 4.43. The lowest BCUT2D eigenvalue weighted by molar-refractivity contribution is 0.0791. The van der Waals surface area contributed by atoms with E-state index in [9.17, 15) is 4.79 Å². The molecule has 2 aromatic heterocycles. The molecule has 26 heavy (non-hydrogen) atoms. The lowest BCUT2D eigenvalue weighted by Crippen LogP contribution is -2.28. The molecule has 0 spiro atoms. The van der Waals surface area contributed by atoms with E-state index in [1.54, 1.807) is 30.4 Å². The maximum absolute atomic E-state index is 12.7. The highest BCUT2D eigenvalue weighted by Crippen LogP contribution is 2.26. The summed E-state index contributed by atoms with van der Waals surface area (Å²) >= 11 is 1.33. The minimum absolute atomic E-state index is 0.0399. The molecule has 0 atom stereocenters. The first kappa shape index (κ1) is 18.0. The number of carbonyl (C=O) groups is 1. The van der Waals surface area contributed by atoms with Gasteiger partial charge in [-0.05, 0) is 31.5 Å². The summed E-state index contributed by atoms with van der Waals surface area (Å²) in [4.78, 5) is 27.8. The van der Waals surface area contributed by atoms with Gasteiger partial charge in [0.05, 0.1) is 12.3 Å². The molecule has 0 aliphatic rings. The lowest BCUT2D eigenvalue weighted by Gasteiger charge is -2.16. The van der Waals surface area contributed by atoms with Crippen LogP contribution in [0, 0.1) is 6.92 Å². The molecular weight excluding hydrogens is 348 g/mol. The van der Waals surface area contributed by atoms with Crippen LogP contribution in [0.15, 0.2) is 48.8 Å². The zero-order chi connectivity index (χ0) is 18.4. The van der Waals surface area contributed by atoms with Crippen LogP contribution in [0.3, 0.4) is 0 Å². The fraction of sp³-hybridized carbons (Fsp3) is 0.263. The number of rotatable bonds is 7. The number of hydrogen-bond donors (Lipinski definition) is 0. The van der Waals surface area contributed by atoms with Crippen LogP contribution >= 0.6 is 11.3 Å². The number of para-hydroxylation sites is 1. The Morgan fingerprint density at radius 1 is 1.15 bits per heavy atom. The van der Waals surface area contributed by atoms with Gasteiger partial charge in [0.15, 0.2) is 10.8 Å². The number of ether oxygens (including phenoxy) is 1. The predicted octanol–water partition coefficient (Wildman–Crippen LogP) is 3.45. The molecule has 1 aromatic carbocycles. The van der Waals surface area contributed by atoms with Crippen LogP contribution in [0.1, 0.15) is 21.8 Å². The third-order valence-electron chi connectivity index (χ3n) is 3.74. The number of aromatic nitrogens is 3. The Morgan fingerprint density at radius 2 is 1.88 bits per heavy atom. The van der Waals surface area contributed by atoms with E-state index in [-0.39, 0.29) is 5.91 Å². The van der Waals surface area contributed by atoms with Crippen molar-refractivity contribution >= 4 is 17.2 Å². The minimum atomic E-state index is -0.0399. The molecule has 0 saturated carbocycles. The van der Waals surface area contributed by atoms with Gasteiger partial charge in [0, 0.05) is 26.0 Å². The second-order valence-electron chi connectivity index (χ2n) is 5.75. The van der Waals surface area contributed by atoms with Gasteiger partial charge in [-0.2, -0.15) is 0 Å². The molecule has 3 rings (SSSR count). The first-order valence-corrected chi connectivity index (χ1v) is 9.15. The van der Waals surface area contributed by atoms with Gasteiger partial charge in [-0.15, -0.1) is 11.3 Å². The highest BCUT2D eigenvalue weighted by molar-refractivity contribution is 7.17. The summed E-state index contributed by atoms with van der Waals surface area (Å²) in [5.41, 5.74) is 0.704. The van der Waals surface area contributed by atoms with Crippen LogP contribution in [0.25, 0.3) is 10.8 Å². The minimum Gasteiger partial charge on any atom is -0.494 e. The Bertz CT molecular complexity index is 852. The molecule has 134 valence electrons. The van der Waals surface area contributed by atoms with Gasteiger partial charge in [-0.1, -0.05) is 18.2 Å². The summed E-state index contributed by atoms with van der Waals surface area (Å²) in [5.74, 6) is 1.34. The number of hydrogen-bond acceptors (Lipinski definition) is 6.